The molecular weight excluding hydrogens is 496 g/mol. The maximum Gasteiger partial charge on any atom is 0.261 e. The molecule has 1 saturated heterocycles. The number of likely N-dealkylation sites (tertiary alicyclic amines) is 1. The fourth-order valence-corrected chi connectivity index (χ4v) is 4.97. The highest BCUT2D eigenvalue weighted by Crippen LogP contribution is 2.31. The molecule has 1 aliphatic rings. The van der Waals surface area contributed by atoms with Crippen molar-refractivity contribution in [2.24, 2.45) is 0 Å². The molecular formula is C30H27F2N7. The normalized spacial score (nSPS) is 16.4. The van der Waals surface area contributed by atoms with Gasteiger partial charge in [-0.25, -0.2) is 18.7 Å². The molecule has 6 rings (SSSR count). The Balaban J connectivity index is 1.35. The highest BCUT2D eigenvalue weighted by Gasteiger charge is 2.37. The lowest BCUT2D eigenvalue weighted by atomic mass is 10.1. The van der Waals surface area contributed by atoms with Crippen LogP contribution >= 0.6 is 0 Å². The number of benzene rings is 1. The SMILES string of the molecule is C=C/C(=C\C(=C/C)c1ccc2[nH]nc(-c3nc4c(-c5ccccn5)cccc4[nH]3)c2n1)CN1CCC(F)(F)C1. The molecule has 4 aromatic heterocycles. The molecule has 0 atom stereocenters. The largest absolute Gasteiger partial charge is 0.336 e. The fourth-order valence-electron chi connectivity index (χ4n) is 4.97. The summed E-state index contributed by atoms with van der Waals surface area (Å²) in [4.78, 5) is 19.4. The third kappa shape index (κ3) is 4.88. The zero-order valence-corrected chi connectivity index (χ0v) is 21.5. The lowest BCUT2D eigenvalue weighted by Gasteiger charge is -2.16. The van der Waals surface area contributed by atoms with E-state index in [2.05, 4.69) is 26.7 Å². The predicted octanol–water partition coefficient (Wildman–Crippen LogP) is 6.42. The monoisotopic (exact) mass is 523 g/mol. The van der Waals surface area contributed by atoms with Gasteiger partial charge in [-0.1, -0.05) is 36.9 Å². The summed E-state index contributed by atoms with van der Waals surface area (Å²) in [6.07, 6.45) is 7.28. The maximum atomic E-state index is 13.7. The van der Waals surface area contributed by atoms with Crippen LogP contribution < -0.4 is 0 Å². The number of fused-ring (bicyclic) bond motifs is 2. The van der Waals surface area contributed by atoms with Gasteiger partial charge in [-0.05, 0) is 54.5 Å². The van der Waals surface area contributed by atoms with Crippen LogP contribution in [0.4, 0.5) is 8.78 Å². The number of H-pyrrole nitrogens is 2. The topological polar surface area (TPSA) is 86.4 Å². The highest BCUT2D eigenvalue weighted by molar-refractivity contribution is 5.95. The van der Waals surface area contributed by atoms with E-state index < -0.39 is 5.92 Å². The number of nitrogens with one attached hydrogen (secondary N) is 2. The second kappa shape index (κ2) is 9.99. The number of halogens is 2. The first kappa shape index (κ1) is 24.8. The molecule has 39 heavy (non-hydrogen) atoms. The van der Waals surface area contributed by atoms with E-state index in [1.165, 1.54) is 0 Å². The number of aromatic nitrogens is 6. The molecule has 0 bridgehead atoms. The first-order chi connectivity index (χ1) is 18.9. The second-order valence-electron chi connectivity index (χ2n) is 9.65. The van der Waals surface area contributed by atoms with Crippen LogP contribution in [0.5, 0.6) is 0 Å². The number of nitrogens with zero attached hydrogens (tertiary/aromatic N) is 5. The molecule has 1 aliphatic heterocycles. The quantitative estimate of drug-likeness (QED) is 0.241. The van der Waals surface area contributed by atoms with E-state index in [1.54, 1.807) is 17.2 Å². The zero-order chi connectivity index (χ0) is 27.0. The van der Waals surface area contributed by atoms with Crippen molar-refractivity contribution in [1.29, 1.82) is 0 Å². The van der Waals surface area contributed by atoms with E-state index in [0.29, 0.717) is 30.1 Å². The minimum Gasteiger partial charge on any atom is -0.336 e. The molecule has 7 nitrogen and oxygen atoms in total. The molecule has 196 valence electrons. The van der Waals surface area contributed by atoms with E-state index in [-0.39, 0.29) is 13.0 Å². The Bertz CT molecular complexity index is 1730. The van der Waals surface area contributed by atoms with Crippen LogP contribution in [0.1, 0.15) is 19.0 Å². The van der Waals surface area contributed by atoms with Gasteiger partial charge in [-0.3, -0.25) is 15.0 Å². The van der Waals surface area contributed by atoms with Gasteiger partial charge < -0.3 is 4.98 Å². The summed E-state index contributed by atoms with van der Waals surface area (Å²) in [5.74, 6) is -2.03. The highest BCUT2D eigenvalue weighted by atomic mass is 19.3. The molecule has 0 amide bonds. The number of imidazole rings is 1. The van der Waals surface area contributed by atoms with Crippen LogP contribution in [0.2, 0.25) is 0 Å². The maximum absolute atomic E-state index is 13.7. The van der Waals surface area contributed by atoms with Crippen molar-refractivity contribution in [1.82, 2.24) is 35.0 Å². The molecule has 0 unspecified atom stereocenters. The van der Waals surface area contributed by atoms with Gasteiger partial charge in [0.15, 0.2) is 11.5 Å². The van der Waals surface area contributed by atoms with Crippen LogP contribution in [0, 0.1) is 0 Å². The Labute approximate surface area is 224 Å². The number of rotatable bonds is 7. The first-order valence-corrected chi connectivity index (χ1v) is 12.8. The fraction of sp³-hybridized carbons (Fsp3) is 0.200. The van der Waals surface area contributed by atoms with E-state index in [0.717, 1.165) is 44.6 Å². The van der Waals surface area contributed by atoms with Crippen molar-refractivity contribution in [2.45, 2.75) is 19.3 Å². The Morgan fingerprint density at radius 3 is 2.72 bits per heavy atom. The molecule has 0 aliphatic carbocycles. The summed E-state index contributed by atoms with van der Waals surface area (Å²) in [6, 6.07) is 15.6. The van der Waals surface area contributed by atoms with E-state index in [4.69, 9.17) is 9.97 Å². The summed E-state index contributed by atoms with van der Waals surface area (Å²) in [5, 5.41) is 7.58. The lowest BCUT2D eigenvalue weighted by molar-refractivity contribution is 0.0131. The molecule has 0 saturated carbocycles. The summed E-state index contributed by atoms with van der Waals surface area (Å²) < 4.78 is 27.4. The van der Waals surface area contributed by atoms with Crippen molar-refractivity contribution < 1.29 is 8.78 Å². The van der Waals surface area contributed by atoms with Crippen molar-refractivity contribution in [3.05, 3.63) is 90.8 Å². The van der Waals surface area contributed by atoms with E-state index >= 15 is 0 Å². The van der Waals surface area contributed by atoms with Gasteiger partial charge in [0.1, 0.15) is 5.52 Å². The Kier molecular flexibility index (Phi) is 6.36. The average Bonchev–Trinajstić information content (AvgIpc) is 3.66. The minimum absolute atomic E-state index is 0.111. The number of alkyl halides is 2. The van der Waals surface area contributed by atoms with Crippen molar-refractivity contribution in [2.75, 3.05) is 19.6 Å². The summed E-state index contributed by atoms with van der Waals surface area (Å²) in [7, 11) is 0. The van der Waals surface area contributed by atoms with Gasteiger partial charge in [0.05, 0.1) is 34.5 Å². The Morgan fingerprint density at radius 1 is 1.08 bits per heavy atom. The molecule has 1 fully saturated rings. The summed E-state index contributed by atoms with van der Waals surface area (Å²) in [5.41, 5.74) is 7.98. The Hall–Kier alpha value is -4.50. The van der Waals surface area contributed by atoms with Crippen LogP contribution in [0.25, 0.3) is 50.4 Å². The van der Waals surface area contributed by atoms with Gasteiger partial charge in [-0.2, -0.15) is 5.10 Å². The third-order valence-electron chi connectivity index (χ3n) is 6.95. The van der Waals surface area contributed by atoms with Crippen molar-refractivity contribution in [3.63, 3.8) is 0 Å². The van der Waals surface area contributed by atoms with E-state index in [1.807, 2.05) is 67.6 Å². The van der Waals surface area contributed by atoms with Gasteiger partial charge in [0.2, 0.25) is 0 Å². The van der Waals surface area contributed by atoms with E-state index in [9.17, 15) is 8.78 Å². The van der Waals surface area contributed by atoms with Gasteiger partial charge >= 0.3 is 0 Å². The molecule has 1 aromatic carbocycles. The number of aromatic amines is 2. The lowest BCUT2D eigenvalue weighted by Crippen LogP contribution is -2.26. The second-order valence-corrected chi connectivity index (χ2v) is 9.65. The van der Waals surface area contributed by atoms with Gasteiger partial charge in [0.25, 0.3) is 5.92 Å². The van der Waals surface area contributed by atoms with Crippen molar-refractivity contribution >= 4 is 27.6 Å². The first-order valence-electron chi connectivity index (χ1n) is 12.8. The predicted molar refractivity (Wildman–Crippen MR) is 150 cm³/mol. The average molecular weight is 524 g/mol. The molecule has 5 aromatic rings. The van der Waals surface area contributed by atoms with Crippen LogP contribution in [0.15, 0.2) is 85.1 Å². The molecule has 0 radical (unpaired) electrons. The minimum atomic E-state index is -2.63. The number of hydrogen-bond donors (Lipinski definition) is 2. The van der Waals surface area contributed by atoms with Crippen LogP contribution in [-0.4, -0.2) is 60.6 Å². The molecule has 0 spiro atoms. The van der Waals surface area contributed by atoms with Gasteiger partial charge in [-0.15, -0.1) is 0 Å². The number of allylic oxidation sites excluding steroid dienone is 3. The molecule has 2 N–H and O–H groups in total. The molecule has 5 heterocycles. The molecule has 9 heteroatoms. The number of hydrogen-bond acceptors (Lipinski definition) is 5. The smallest absolute Gasteiger partial charge is 0.261 e. The third-order valence-corrected chi connectivity index (χ3v) is 6.95. The summed E-state index contributed by atoms with van der Waals surface area (Å²) >= 11 is 0. The zero-order valence-electron chi connectivity index (χ0n) is 21.5. The standard InChI is InChI=1S/C30H27F2N7/c1-3-19(17-39-15-13-30(31,32)18-39)16-20(4-2)22-11-12-25-27(34-22)28(38-37-25)29-35-24-10-7-8-21(26(24)36-29)23-9-5-6-14-33-23/h3-12,14,16H,1,13,15,17-18H2,2H3,(H,35,36)(H,37,38)/b19-16+,20-4+. The summed E-state index contributed by atoms with van der Waals surface area (Å²) in [6.45, 7) is 6.38. The number of para-hydroxylation sites is 1. The van der Waals surface area contributed by atoms with Crippen LogP contribution in [-0.2, 0) is 0 Å². The number of pyridine rings is 2. The van der Waals surface area contributed by atoms with Crippen LogP contribution in [0.3, 0.4) is 0 Å². The Morgan fingerprint density at radius 2 is 1.97 bits per heavy atom. The van der Waals surface area contributed by atoms with Crippen molar-refractivity contribution in [3.8, 4) is 22.8 Å². The van der Waals surface area contributed by atoms with Gasteiger partial charge in [0, 0.05) is 31.3 Å².